The number of halogens is 2. The van der Waals surface area contributed by atoms with E-state index in [1.165, 1.54) is 12.8 Å². The summed E-state index contributed by atoms with van der Waals surface area (Å²) in [5.41, 5.74) is 0.611. The largest absolute Gasteiger partial charge is 0.357 e. The van der Waals surface area contributed by atoms with Gasteiger partial charge in [-0.1, -0.05) is 18.5 Å². The van der Waals surface area contributed by atoms with E-state index in [0.29, 0.717) is 29.6 Å². The number of carbonyl (C=O) groups is 1. The zero-order valence-electron chi connectivity index (χ0n) is 14.9. The number of rotatable bonds is 5. The van der Waals surface area contributed by atoms with E-state index in [9.17, 15) is 4.79 Å². The molecule has 0 aliphatic carbocycles. The van der Waals surface area contributed by atoms with Crippen LogP contribution in [0.25, 0.3) is 0 Å². The molecule has 0 spiro atoms. The van der Waals surface area contributed by atoms with Crippen LogP contribution in [-0.4, -0.2) is 49.5 Å². The summed E-state index contributed by atoms with van der Waals surface area (Å²) in [4.78, 5) is 19.0. The van der Waals surface area contributed by atoms with E-state index in [2.05, 4.69) is 34.4 Å². The van der Waals surface area contributed by atoms with Crippen LogP contribution in [0.3, 0.4) is 0 Å². The highest BCUT2D eigenvalue weighted by Gasteiger charge is 2.18. The van der Waals surface area contributed by atoms with Gasteiger partial charge in [-0.15, -0.1) is 24.0 Å². The van der Waals surface area contributed by atoms with Crippen LogP contribution >= 0.6 is 35.6 Å². The molecule has 1 aromatic carbocycles. The fourth-order valence-electron chi connectivity index (χ4n) is 2.84. The van der Waals surface area contributed by atoms with Crippen LogP contribution in [-0.2, 0) is 0 Å². The minimum Gasteiger partial charge on any atom is -0.357 e. The van der Waals surface area contributed by atoms with Crippen molar-refractivity contribution in [3.8, 4) is 0 Å². The summed E-state index contributed by atoms with van der Waals surface area (Å²) in [6.07, 6.45) is 2.49. The molecule has 1 aliphatic rings. The highest BCUT2D eigenvalue weighted by atomic mass is 127. The monoisotopic (exact) mass is 478 g/mol. The average Bonchev–Trinajstić information content (AvgIpc) is 2.58. The Labute approximate surface area is 172 Å². The van der Waals surface area contributed by atoms with Crippen molar-refractivity contribution in [3.05, 3.63) is 34.9 Å². The zero-order valence-corrected chi connectivity index (χ0v) is 18.0. The number of aliphatic imine (C=N–C) groups is 1. The molecular weight excluding hydrogens is 451 g/mol. The number of piperidine rings is 1. The molecule has 2 N–H and O–H groups in total. The van der Waals surface area contributed by atoms with Gasteiger partial charge in [0.15, 0.2) is 5.96 Å². The maximum Gasteiger partial charge on any atom is 0.251 e. The van der Waals surface area contributed by atoms with Crippen molar-refractivity contribution < 1.29 is 4.79 Å². The first-order valence-electron chi connectivity index (χ1n) is 8.67. The van der Waals surface area contributed by atoms with Gasteiger partial charge in [0.25, 0.3) is 5.91 Å². The number of carbonyl (C=O) groups excluding carboxylic acids is 1. The summed E-state index contributed by atoms with van der Waals surface area (Å²) in [7, 11) is 0. The first kappa shape index (κ1) is 22.0. The van der Waals surface area contributed by atoms with Crippen LogP contribution in [0, 0.1) is 5.92 Å². The molecular formula is C18H28ClIN4O. The molecule has 7 heteroatoms. The van der Waals surface area contributed by atoms with Crippen molar-refractivity contribution in [2.45, 2.75) is 26.7 Å². The number of guanidine groups is 1. The molecule has 1 atom stereocenters. The second kappa shape index (κ2) is 11.6. The van der Waals surface area contributed by atoms with E-state index in [4.69, 9.17) is 11.6 Å². The first-order valence-corrected chi connectivity index (χ1v) is 9.05. The van der Waals surface area contributed by atoms with Gasteiger partial charge in [0.2, 0.25) is 0 Å². The fraction of sp³-hybridized carbons (Fsp3) is 0.556. The van der Waals surface area contributed by atoms with E-state index in [1.807, 2.05) is 0 Å². The molecule has 1 aromatic rings. The minimum atomic E-state index is -0.0986. The molecule has 1 fully saturated rings. The van der Waals surface area contributed by atoms with Crippen molar-refractivity contribution in [2.75, 3.05) is 32.7 Å². The SMILES string of the molecule is CCNC(=NCCNC(=O)c1ccc(Cl)cc1)N1CCCC(C)C1.I. The van der Waals surface area contributed by atoms with Crippen molar-refractivity contribution in [3.63, 3.8) is 0 Å². The lowest BCUT2D eigenvalue weighted by molar-refractivity contribution is 0.0955. The van der Waals surface area contributed by atoms with Crippen molar-refractivity contribution in [1.29, 1.82) is 0 Å². The number of hydrogen-bond acceptors (Lipinski definition) is 2. The molecule has 140 valence electrons. The second-order valence-corrected chi connectivity index (χ2v) is 6.63. The normalized spacial score (nSPS) is 17.6. The van der Waals surface area contributed by atoms with Crippen LogP contribution in [0.2, 0.25) is 5.02 Å². The molecule has 2 rings (SSSR count). The Kier molecular flexibility index (Phi) is 10.2. The third-order valence-electron chi connectivity index (χ3n) is 4.06. The van der Waals surface area contributed by atoms with Gasteiger partial charge in [-0.2, -0.15) is 0 Å². The van der Waals surface area contributed by atoms with Gasteiger partial charge < -0.3 is 15.5 Å². The molecule has 25 heavy (non-hydrogen) atoms. The Morgan fingerprint density at radius 1 is 1.32 bits per heavy atom. The summed E-state index contributed by atoms with van der Waals surface area (Å²) >= 11 is 5.83. The number of nitrogens with one attached hydrogen (secondary N) is 2. The summed E-state index contributed by atoms with van der Waals surface area (Å²) in [5.74, 6) is 1.55. The Morgan fingerprint density at radius 2 is 2.04 bits per heavy atom. The molecule has 1 amide bonds. The first-order chi connectivity index (χ1) is 11.6. The maximum absolute atomic E-state index is 12.0. The van der Waals surface area contributed by atoms with Crippen LogP contribution in [0.1, 0.15) is 37.0 Å². The van der Waals surface area contributed by atoms with E-state index < -0.39 is 0 Å². The predicted octanol–water partition coefficient (Wildman–Crippen LogP) is 3.39. The number of nitrogens with zero attached hydrogens (tertiary/aromatic N) is 2. The van der Waals surface area contributed by atoms with Gasteiger partial charge in [0, 0.05) is 36.8 Å². The second-order valence-electron chi connectivity index (χ2n) is 6.19. The average molecular weight is 479 g/mol. The van der Waals surface area contributed by atoms with Crippen molar-refractivity contribution >= 4 is 47.4 Å². The highest BCUT2D eigenvalue weighted by Crippen LogP contribution is 2.15. The van der Waals surface area contributed by atoms with E-state index in [-0.39, 0.29) is 29.9 Å². The number of hydrogen-bond donors (Lipinski definition) is 2. The third-order valence-corrected chi connectivity index (χ3v) is 4.31. The predicted molar refractivity (Wildman–Crippen MR) is 115 cm³/mol. The molecule has 1 aliphatic heterocycles. The van der Waals surface area contributed by atoms with Crippen LogP contribution in [0.4, 0.5) is 0 Å². The van der Waals surface area contributed by atoms with Crippen LogP contribution < -0.4 is 10.6 Å². The van der Waals surface area contributed by atoms with Crippen LogP contribution in [0.15, 0.2) is 29.3 Å². The lowest BCUT2D eigenvalue weighted by atomic mass is 10.0. The van der Waals surface area contributed by atoms with Gasteiger partial charge in [-0.25, -0.2) is 0 Å². The Hall–Kier alpha value is -1.02. The summed E-state index contributed by atoms with van der Waals surface area (Å²) in [6.45, 7) is 8.37. The molecule has 1 heterocycles. The van der Waals surface area contributed by atoms with Gasteiger partial charge in [0.05, 0.1) is 6.54 Å². The molecule has 0 radical (unpaired) electrons. The van der Waals surface area contributed by atoms with Gasteiger partial charge in [-0.3, -0.25) is 9.79 Å². The van der Waals surface area contributed by atoms with Gasteiger partial charge >= 0.3 is 0 Å². The standard InChI is InChI=1S/C18H27ClN4O.HI/c1-3-20-18(23-12-4-5-14(2)13-23)22-11-10-21-17(24)15-6-8-16(19)9-7-15;/h6-9,14H,3-5,10-13H2,1-2H3,(H,20,22)(H,21,24);1H. The number of amides is 1. The lowest BCUT2D eigenvalue weighted by Gasteiger charge is -2.33. The summed E-state index contributed by atoms with van der Waals surface area (Å²) in [5, 5.41) is 6.87. The molecule has 0 saturated carbocycles. The molecule has 0 aromatic heterocycles. The van der Waals surface area contributed by atoms with E-state index in [0.717, 1.165) is 25.6 Å². The Morgan fingerprint density at radius 3 is 2.68 bits per heavy atom. The molecule has 5 nitrogen and oxygen atoms in total. The summed E-state index contributed by atoms with van der Waals surface area (Å²) < 4.78 is 0. The smallest absolute Gasteiger partial charge is 0.251 e. The van der Waals surface area contributed by atoms with Gasteiger partial charge in [-0.05, 0) is 49.9 Å². The number of benzene rings is 1. The van der Waals surface area contributed by atoms with Crippen LogP contribution in [0.5, 0.6) is 0 Å². The highest BCUT2D eigenvalue weighted by molar-refractivity contribution is 14.0. The van der Waals surface area contributed by atoms with Crippen molar-refractivity contribution in [2.24, 2.45) is 10.9 Å². The topological polar surface area (TPSA) is 56.7 Å². The van der Waals surface area contributed by atoms with E-state index >= 15 is 0 Å². The lowest BCUT2D eigenvalue weighted by Crippen LogP contribution is -2.46. The molecule has 1 unspecified atom stereocenters. The Bertz CT molecular complexity index is 565. The fourth-order valence-corrected chi connectivity index (χ4v) is 2.97. The third kappa shape index (κ3) is 7.40. The maximum atomic E-state index is 12.0. The zero-order chi connectivity index (χ0) is 17.4. The quantitative estimate of drug-likeness (QED) is 0.295. The summed E-state index contributed by atoms with van der Waals surface area (Å²) in [6, 6.07) is 6.88. The van der Waals surface area contributed by atoms with Gasteiger partial charge in [0.1, 0.15) is 0 Å². The minimum absolute atomic E-state index is 0. The Balaban J connectivity index is 0.00000312. The van der Waals surface area contributed by atoms with E-state index in [1.54, 1.807) is 24.3 Å². The molecule has 0 bridgehead atoms. The number of likely N-dealkylation sites (tertiary alicyclic amines) is 1. The van der Waals surface area contributed by atoms with Crippen molar-refractivity contribution in [1.82, 2.24) is 15.5 Å². The molecule has 1 saturated heterocycles.